The summed E-state index contributed by atoms with van der Waals surface area (Å²) in [6.45, 7) is 0.491. The quantitative estimate of drug-likeness (QED) is 0.833. The molecule has 0 bridgehead atoms. The molecule has 0 saturated heterocycles. The molecule has 5 heteroatoms. The van der Waals surface area contributed by atoms with Crippen molar-refractivity contribution in [2.24, 2.45) is 5.73 Å². The number of rotatable bonds is 4. The second-order valence-corrected chi connectivity index (χ2v) is 5.93. The van der Waals surface area contributed by atoms with E-state index in [4.69, 9.17) is 5.73 Å². The summed E-state index contributed by atoms with van der Waals surface area (Å²) in [6, 6.07) is 0.610. The average Bonchev–Trinajstić information content (AvgIpc) is 3.13. The molecule has 1 aromatic heterocycles. The first-order valence-electron chi connectivity index (χ1n) is 6.35. The van der Waals surface area contributed by atoms with Crippen LogP contribution in [0.5, 0.6) is 0 Å². The molecule has 1 saturated carbocycles. The van der Waals surface area contributed by atoms with E-state index >= 15 is 0 Å². The lowest BCUT2D eigenvalue weighted by Gasteiger charge is -2.16. The van der Waals surface area contributed by atoms with Gasteiger partial charge in [-0.2, -0.15) is 0 Å². The van der Waals surface area contributed by atoms with Crippen molar-refractivity contribution in [1.82, 2.24) is 14.8 Å². The highest BCUT2D eigenvalue weighted by molar-refractivity contribution is 7.99. The monoisotopic (exact) mass is 250 g/mol. The van der Waals surface area contributed by atoms with Crippen molar-refractivity contribution in [3.63, 3.8) is 0 Å². The number of aromatic nitrogens is 3. The molecule has 3 rings (SSSR count). The Labute approximate surface area is 106 Å². The van der Waals surface area contributed by atoms with E-state index in [-0.39, 0.29) is 0 Å². The first kappa shape index (κ1) is 11.3. The predicted octanol–water partition coefficient (Wildman–Crippen LogP) is 2.27. The molecule has 1 aromatic rings. The molecule has 1 fully saturated rings. The second-order valence-electron chi connectivity index (χ2n) is 4.72. The highest BCUT2D eigenvalue weighted by Gasteiger charge is 2.30. The van der Waals surface area contributed by atoms with Crippen LogP contribution in [-0.2, 0) is 6.54 Å². The van der Waals surface area contributed by atoms with Crippen molar-refractivity contribution in [2.45, 2.75) is 55.1 Å². The molecule has 0 aromatic carbocycles. The van der Waals surface area contributed by atoms with Crippen LogP contribution in [0.3, 0.4) is 0 Å². The zero-order valence-corrected chi connectivity index (χ0v) is 10.7. The molecule has 0 radical (unpaired) electrons. The molecule has 17 heavy (non-hydrogen) atoms. The minimum Gasteiger partial charge on any atom is -0.324 e. The van der Waals surface area contributed by atoms with Gasteiger partial charge in [0.2, 0.25) is 0 Å². The Hall–Kier alpha value is -0.810. The van der Waals surface area contributed by atoms with Gasteiger partial charge in [0.25, 0.3) is 0 Å². The smallest absolute Gasteiger partial charge is 0.192 e. The van der Waals surface area contributed by atoms with Crippen LogP contribution in [0, 0.1) is 0 Å². The number of allylic oxidation sites excluding steroid dienone is 1. The first-order valence-corrected chi connectivity index (χ1v) is 7.23. The standard InChI is InChI=1S/C12H18N4S/c13-8-11-14-15-12(16(11)9-6-7-9)17-10-4-2-1-3-5-10/h2,4,9-10H,1,3,5-8,13H2. The Morgan fingerprint density at radius 3 is 2.88 bits per heavy atom. The lowest BCUT2D eigenvalue weighted by molar-refractivity contribution is 0.624. The third-order valence-electron chi connectivity index (χ3n) is 3.30. The third-order valence-corrected chi connectivity index (χ3v) is 4.48. The van der Waals surface area contributed by atoms with Crippen molar-refractivity contribution < 1.29 is 0 Å². The van der Waals surface area contributed by atoms with Crippen LogP contribution < -0.4 is 5.73 Å². The minimum absolute atomic E-state index is 0.491. The summed E-state index contributed by atoms with van der Waals surface area (Å²) in [4.78, 5) is 0. The van der Waals surface area contributed by atoms with E-state index < -0.39 is 0 Å². The fraction of sp³-hybridized carbons (Fsp3) is 0.667. The largest absolute Gasteiger partial charge is 0.324 e. The molecular formula is C12H18N4S. The first-order chi connectivity index (χ1) is 8.38. The van der Waals surface area contributed by atoms with E-state index in [1.165, 1.54) is 32.1 Å². The van der Waals surface area contributed by atoms with E-state index in [0.717, 1.165) is 11.0 Å². The van der Waals surface area contributed by atoms with Crippen LogP contribution in [0.2, 0.25) is 0 Å². The summed E-state index contributed by atoms with van der Waals surface area (Å²) in [5.74, 6) is 0.940. The van der Waals surface area contributed by atoms with Gasteiger partial charge in [-0.05, 0) is 32.1 Å². The van der Waals surface area contributed by atoms with Gasteiger partial charge in [-0.25, -0.2) is 0 Å². The van der Waals surface area contributed by atoms with Gasteiger partial charge in [0, 0.05) is 11.3 Å². The summed E-state index contributed by atoms with van der Waals surface area (Å²) >= 11 is 1.84. The topological polar surface area (TPSA) is 56.7 Å². The molecule has 0 spiro atoms. The normalized spacial score (nSPS) is 24.2. The number of thioether (sulfide) groups is 1. The maximum absolute atomic E-state index is 5.72. The summed E-state index contributed by atoms with van der Waals surface area (Å²) < 4.78 is 2.26. The number of hydrogen-bond acceptors (Lipinski definition) is 4. The van der Waals surface area contributed by atoms with Crippen molar-refractivity contribution in [3.8, 4) is 0 Å². The molecule has 1 unspecified atom stereocenters. The molecule has 0 aliphatic heterocycles. The van der Waals surface area contributed by atoms with Crippen molar-refractivity contribution in [1.29, 1.82) is 0 Å². The van der Waals surface area contributed by atoms with Crippen molar-refractivity contribution >= 4 is 11.8 Å². The fourth-order valence-corrected chi connectivity index (χ4v) is 3.44. The van der Waals surface area contributed by atoms with Gasteiger partial charge in [-0.1, -0.05) is 23.9 Å². The van der Waals surface area contributed by atoms with Crippen LogP contribution in [0.25, 0.3) is 0 Å². The van der Waals surface area contributed by atoms with E-state index in [9.17, 15) is 0 Å². The minimum atomic E-state index is 0.491. The highest BCUT2D eigenvalue weighted by Crippen LogP contribution is 2.40. The Morgan fingerprint density at radius 2 is 2.24 bits per heavy atom. The second kappa shape index (κ2) is 4.82. The summed E-state index contributed by atoms with van der Waals surface area (Å²) in [7, 11) is 0. The lowest BCUT2D eigenvalue weighted by atomic mass is 10.1. The van der Waals surface area contributed by atoms with Crippen LogP contribution in [0.1, 0.15) is 44.0 Å². The van der Waals surface area contributed by atoms with Gasteiger partial charge in [0.1, 0.15) is 5.82 Å². The van der Waals surface area contributed by atoms with Crippen molar-refractivity contribution in [2.75, 3.05) is 0 Å². The molecule has 1 atom stereocenters. The molecule has 4 nitrogen and oxygen atoms in total. The zero-order chi connectivity index (χ0) is 11.7. The third kappa shape index (κ3) is 2.40. The predicted molar refractivity (Wildman–Crippen MR) is 68.8 cm³/mol. The Bertz CT molecular complexity index is 422. The molecule has 0 amide bonds. The maximum Gasteiger partial charge on any atom is 0.192 e. The summed E-state index contributed by atoms with van der Waals surface area (Å²) in [5.41, 5.74) is 5.72. The van der Waals surface area contributed by atoms with Crippen LogP contribution >= 0.6 is 11.8 Å². The molecular weight excluding hydrogens is 232 g/mol. The number of nitrogens with zero attached hydrogens (tertiary/aromatic N) is 3. The number of hydrogen-bond donors (Lipinski definition) is 1. The lowest BCUT2D eigenvalue weighted by Crippen LogP contribution is -2.10. The van der Waals surface area contributed by atoms with E-state index in [2.05, 4.69) is 26.9 Å². The van der Waals surface area contributed by atoms with Crippen LogP contribution in [0.4, 0.5) is 0 Å². The van der Waals surface area contributed by atoms with Gasteiger partial charge in [0.05, 0.1) is 6.54 Å². The van der Waals surface area contributed by atoms with E-state index in [0.29, 0.717) is 17.8 Å². The zero-order valence-electron chi connectivity index (χ0n) is 9.88. The molecule has 2 aliphatic carbocycles. The SMILES string of the molecule is NCc1nnc(SC2C=CCCC2)n1C1CC1. The van der Waals surface area contributed by atoms with Crippen molar-refractivity contribution in [3.05, 3.63) is 18.0 Å². The Balaban J connectivity index is 1.79. The molecule has 1 heterocycles. The fourth-order valence-electron chi connectivity index (χ4n) is 2.24. The van der Waals surface area contributed by atoms with E-state index in [1.807, 2.05) is 11.8 Å². The van der Waals surface area contributed by atoms with Gasteiger partial charge in [0.15, 0.2) is 5.16 Å². The molecule has 92 valence electrons. The maximum atomic E-state index is 5.72. The summed E-state index contributed by atoms with van der Waals surface area (Å²) in [6.07, 6.45) is 10.8. The van der Waals surface area contributed by atoms with Gasteiger partial charge in [-0.15, -0.1) is 10.2 Å². The van der Waals surface area contributed by atoms with Gasteiger partial charge in [-0.3, -0.25) is 0 Å². The van der Waals surface area contributed by atoms with Gasteiger partial charge >= 0.3 is 0 Å². The Kier molecular flexibility index (Phi) is 3.20. The molecule has 2 aliphatic rings. The number of nitrogens with two attached hydrogens (primary N) is 1. The van der Waals surface area contributed by atoms with Gasteiger partial charge < -0.3 is 10.3 Å². The average molecular weight is 250 g/mol. The Morgan fingerprint density at radius 1 is 1.35 bits per heavy atom. The van der Waals surface area contributed by atoms with Crippen LogP contribution in [-0.4, -0.2) is 20.0 Å². The molecule has 2 N–H and O–H groups in total. The van der Waals surface area contributed by atoms with E-state index in [1.54, 1.807) is 0 Å². The van der Waals surface area contributed by atoms with Crippen LogP contribution in [0.15, 0.2) is 17.3 Å². The highest BCUT2D eigenvalue weighted by atomic mass is 32.2. The summed E-state index contributed by atoms with van der Waals surface area (Å²) in [5, 5.41) is 10.1.